The number of ether oxygens (including phenoxy) is 1. The molecule has 0 aromatic carbocycles. The van der Waals surface area contributed by atoms with Crippen LogP contribution >= 0.6 is 0 Å². The summed E-state index contributed by atoms with van der Waals surface area (Å²) in [6.07, 6.45) is -3.20. The van der Waals surface area contributed by atoms with Crippen LogP contribution in [-0.4, -0.2) is 28.1 Å². The maximum absolute atomic E-state index is 12.8. The molecule has 0 saturated carbocycles. The fourth-order valence-electron chi connectivity index (χ4n) is 1.39. The van der Waals surface area contributed by atoms with Gasteiger partial charge in [0.2, 0.25) is 5.75 Å². The van der Waals surface area contributed by atoms with Crippen LogP contribution in [0.5, 0.6) is 5.75 Å². The summed E-state index contributed by atoms with van der Waals surface area (Å²) in [5.74, 6) is -1.85. The Morgan fingerprint density at radius 2 is 2.28 bits per heavy atom. The topological polar surface area (TPSA) is 103 Å². The normalized spacial score (nSPS) is 10.4. The highest BCUT2D eigenvalue weighted by Crippen LogP contribution is 2.37. The first kappa shape index (κ1) is 13.7. The first-order chi connectivity index (χ1) is 8.38. The summed E-state index contributed by atoms with van der Waals surface area (Å²) in [6.45, 7) is 0. The summed E-state index contributed by atoms with van der Waals surface area (Å²) in [5.41, 5.74) is -2.54. The van der Waals surface area contributed by atoms with Gasteiger partial charge in [0, 0.05) is 0 Å². The molecule has 0 radical (unpaired) electrons. The first-order valence-electron chi connectivity index (χ1n) is 4.58. The molecule has 1 rings (SSSR count). The molecule has 0 aliphatic rings. The fraction of sp³-hybridized carbons (Fsp3) is 0.333. The number of hydrogen-bond acceptors (Lipinski definition) is 5. The number of rotatable bonds is 5. The van der Waals surface area contributed by atoms with Crippen molar-refractivity contribution in [2.45, 2.75) is 12.8 Å². The zero-order valence-corrected chi connectivity index (χ0v) is 9.09. The van der Waals surface area contributed by atoms with E-state index in [4.69, 9.17) is 5.11 Å². The molecule has 0 aliphatic heterocycles. The quantitative estimate of drug-likeness (QED) is 0.638. The van der Waals surface area contributed by atoms with E-state index in [1.54, 1.807) is 0 Å². The number of halogens is 2. The predicted octanol–water partition coefficient (Wildman–Crippen LogP) is 1.56. The average molecular weight is 262 g/mol. The number of nitro groups is 1. The molecule has 1 aromatic rings. The molecule has 0 amide bonds. The number of alkyl halides is 2. The number of nitrogens with zero attached hydrogens (tertiary/aromatic N) is 2. The van der Waals surface area contributed by atoms with E-state index in [-0.39, 0.29) is 0 Å². The Balaban J connectivity index is 3.51. The number of carboxylic acid groups (broad SMARTS) is 1. The van der Waals surface area contributed by atoms with Crippen molar-refractivity contribution < 1.29 is 28.3 Å². The predicted molar refractivity (Wildman–Crippen MR) is 53.7 cm³/mol. The Labute approximate surface area is 99.2 Å². The minimum Gasteiger partial charge on any atom is -0.489 e. The van der Waals surface area contributed by atoms with Crippen molar-refractivity contribution >= 4 is 11.7 Å². The van der Waals surface area contributed by atoms with Crippen LogP contribution in [0.2, 0.25) is 0 Å². The molecule has 98 valence electrons. The van der Waals surface area contributed by atoms with E-state index in [1.807, 2.05) is 0 Å². The van der Waals surface area contributed by atoms with Crippen molar-refractivity contribution in [3.05, 3.63) is 27.6 Å². The van der Waals surface area contributed by atoms with Crippen LogP contribution in [0.1, 0.15) is 17.7 Å². The monoisotopic (exact) mass is 262 g/mol. The van der Waals surface area contributed by atoms with Gasteiger partial charge in [-0.15, -0.1) is 0 Å². The number of aromatic nitrogens is 1. The maximum Gasteiger partial charge on any atom is 0.323 e. The van der Waals surface area contributed by atoms with Gasteiger partial charge in [-0.05, 0) is 0 Å². The van der Waals surface area contributed by atoms with Gasteiger partial charge >= 0.3 is 11.7 Å². The van der Waals surface area contributed by atoms with Crippen LogP contribution < -0.4 is 4.74 Å². The van der Waals surface area contributed by atoms with E-state index in [0.717, 1.165) is 13.3 Å². The van der Waals surface area contributed by atoms with Crippen molar-refractivity contribution in [3.8, 4) is 5.75 Å². The van der Waals surface area contributed by atoms with E-state index >= 15 is 0 Å². The first-order valence-corrected chi connectivity index (χ1v) is 4.58. The smallest absolute Gasteiger partial charge is 0.323 e. The summed E-state index contributed by atoms with van der Waals surface area (Å²) >= 11 is 0. The lowest BCUT2D eigenvalue weighted by Crippen LogP contribution is -2.10. The molecule has 1 heterocycles. The van der Waals surface area contributed by atoms with Crippen LogP contribution in [0.15, 0.2) is 6.20 Å². The van der Waals surface area contributed by atoms with Gasteiger partial charge in [-0.3, -0.25) is 19.9 Å². The Morgan fingerprint density at radius 1 is 1.67 bits per heavy atom. The summed E-state index contributed by atoms with van der Waals surface area (Å²) in [7, 11) is 1.07. The standard InChI is InChI=1S/C9H8F2N2O5/c1-18-5-3-12-4(2-6(14)15)7(9(10)11)8(5)13(16)17/h3,9H,2H2,1H3,(H,14,15). The molecule has 0 unspecified atom stereocenters. The van der Waals surface area contributed by atoms with Crippen LogP contribution in [0.3, 0.4) is 0 Å². The number of carbonyl (C=O) groups is 1. The highest BCUT2D eigenvalue weighted by Gasteiger charge is 2.31. The Morgan fingerprint density at radius 3 is 2.67 bits per heavy atom. The van der Waals surface area contributed by atoms with Gasteiger partial charge in [0.15, 0.2) is 0 Å². The van der Waals surface area contributed by atoms with Gasteiger partial charge in [0.25, 0.3) is 6.43 Å². The molecule has 0 atom stereocenters. The van der Waals surface area contributed by atoms with E-state index in [1.165, 1.54) is 0 Å². The highest BCUT2D eigenvalue weighted by atomic mass is 19.3. The second-order valence-electron chi connectivity index (χ2n) is 3.16. The molecular weight excluding hydrogens is 254 g/mol. The highest BCUT2D eigenvalue weighted by molar-refractivity contribution is 5.71. The van der Waals surface area contributed by atoms with Gasteiger partial charge in [-0.2, -0.15) is 0 Å². The van der Waals surface area contributed by atoms with Crippen LogP contribution in [0.4, 0.5) is 14.5 Å². The molecule has 0 fully saturated rings. The lowest BCUT2D eigenvalue weighted by Gasteiger charge is -2.09. The third kappa shape index (κ3) is 2.67. The number of aliphatic carboxylic acids is 1. The minimum atomic E-state index is -3.22. The SMILES string of the molecule is COc1cnc(CC(=O)O)c(C(F)F)c1[N+](=O)[O-]. The number of methoxy groups -OCH3 is 1. The van der Waals surface area contributed by atoms with Crippen molar-refractivity contribution in [3.63, 3.8) is 0 Å². The Bertz CT molecular complexity index is 492. The molecule has 18 heavy (non-hydrogen) atoms. The van der Waals surface area contributed by atoms with Crippen LogP contribution in [0.25, 0.3) is 0 Å². The number of hydrogen-bond donors (Lipinski definition) is 1. The number of pyridine rings is 1. The second-order valence-corrected chi connectivity index (χ2v) is 3.16. The molecule has 0 bridgehead atoms. The third-order valence-corrected chi connectivity index (χ3v) is 2.08. The second kappa shape index (κ2) is 5.34. The van der Waals surface area contributed by atoms with Crippen molar-refractivity contribution in [2.75, 3.05) is 7.11 Å². The average Bonchev–Trinajstić information content (AvgIpc) is 2.26. The molecule has 0 spiro atoms. The Hall–Kier alpha value is -2.32. The van der Waals surface area contributed by atoms with E-state index < -0.39 is 46.4 Å². The summed E-state index contributed by atoms with van der Waals surface area (Å²) in [5, 5.41) is 19.3. The van der Waals surface area contributed by atoms with Crippen molar-refractivity contribution in [2.24, 2.45) is 0 Å². The largest absolute Gasteiger partial charge is 0.489 e. The molecule has 9 heteroatoms. The molecule has 1 aromatic heterocycles. The summed E-state index contributed by atoms with van der Waals surface area (Å²) < 4.78 is 30.2. The van der Waals surface area contributed by atoms with Gasteiger partial charge in [-0.1, -0.05) is 0 Å². The summed E-state index contributed by atoms with van der Waals surface area (Å²) in [4.78, 5) is 23.7. The van der Waals surface area contributed by atoms with Gasteiger partial charge < -0.3 is 9.84 Å². The molecule has 0 aliphatic carbocycles. The van der Waals surface area contributed by atoms with Gasteiger partial charge in [0.05, 0.1) is 30.3 Å². The lowest BCUT2D eigenvalue weighted by molar-refractivity contribution is -0.387. The molecule has 7 nitrogen and oxygen atoms in total. The number of carboxylic acids is 1. The van der Waals surface area contributed by atoms with Crippen molar-refractivity contribution in [1.82, 2.24) is 4.98 Å². The van der Waals surface area contributed by atoms with E-state index in [9.17, 15) is 23.7 Å². The van der Waals surface area contributed by atoms with Gasteiger partial charge in [-0.25, -0.2) is 8.78 Å². The minimum absolute atomic E-state index is 0.440. The Kier molecular flexibility index (Phi) is 4.08. The van der Waals surface area contributed by atoms with Gasteiger partial charge in [0.1, 0.15) is 5.56 Å². The van der Waals surface area contributed by atoms with Crippen molar-refractivity contribution in [1.29, 1.82) is 0 Å². The summed E-state index contributed by atoms with van der Waals surface area (Å²) in [6, 6.07) is 0. The van der Waals surface area contributed by atoms with E-state index in [0.29, 0.717) is 0 Å². The van der Waals surface area contributed by atoms with Crippen LogP contribution in [0, 0.1) is 10.1 Å². The van der Waals surface area contributed by atoms with Crippen LogP contribution in [-0.2, 0) is 11.2 Å². The zero-order chi connectivity index (χ0) is 13.9. The third-order valence-electron chi connectivity index (χ3n) is 2.08. The fourth-order valence-corrected chi connectivity index (χ4v) is 1.39. The maximum atomic E-state index is 12.8. The molecule has 1 N–H and O–H groups in total. The van der Waals surface area contributed by atoms with E-state index in [2.05, 4.69) is 9.72 Å². The lowest BCUT2D eigenvalue weighted by atomic mass is 10.1. The zero-order valence-electron chi connectivity index (χ0n) is 9.09. The molecular formula is C9H8F2N2O5. The molecule has 0 saturated heterocycles.